The maximum absolute atomic E-state index is 14.2. The molecule has 2 amide bonds. The van der Waals surface area contributed by atoms with Gasteiger partial charge in [0.2, 0.25) is 0 Å². The van der Waals surface area contributed by atoms with E-state index < -0.39 is 10.8 Å². The van der Waals surface area contributed by atoms with Crippen LogP contribution in [0.2, 0.25) is 0 Å². The molecule has 3 aromatic rings. The number of carbonyl (C=O) groups excluding carboxylic acids is 2. The Balaban J connectivity index is 1.53. The highest BCUT2D eigenvalue weighted by molar-refractivity contribution is 6.37. The van der Waals surface area contributed by atoms with Gasteiger partial charge in [-0.15, -0.1) is 0 Å². The molecule has 1 fully saturated rings. The largest absolute Gasteiger partial charge is 0.271 e. The summed E-state index contributed by atoms with van der Waals surface area (Å²) in [7, 11) is 0. The van der Waals surface area contributed by atoms with Crippen molar-refractivity contribution in [2.45, 2.75) is 26.7 Å². The van der Waals surface area contributed by atoms with Gasteiger partial charge in [-0.2, -0.15) is 20.2 Å². The Labute approximate surface area is 198 Å². The first-order chi connectivity index (χ1) is 16.4. The van der Waals surface area contributed by atoms with Crippen molar-refractivity contribution in [1.29, 1.82) is 0 Å². The maximum Gasteiger partial charge on any atom is 0.261 e. The third kappa shape index (κ3) is 2.35. The molecule has 3 aromatic carbocycles. The number of hydrazone groups is 2. The number of hydrogen-bond donors (Lipinski definition) is 0. The molecule has 2 aliphatic heterocycles. The van der Waals surface area contributed by atoms with Crippen LogP contribution in [-0.4, -0.2) is 23.2 Å². The van der Waals surface area contributed by atoms with E-state index in [1.807, 2.05) is 106 Å². The van der Waals surface area contributed by atoms with Crippen molar-refractivity contribution in [3.63, 3.8) is 0 Å². The van der Waals surface area contributed by atoms with Crippen molar-refractivity contribution in [3.05, 3.63) is 96.1 Å². The monoisotopic (exact) mass is 448 g/mol. The standard InChI is InChI=1S/C28H24N4O2/c1-18-14-16-21(17-15-18)24-27(19(2)29-31(25(27)33)22-10-6-4-7-11-22)28(24)20(3)30-32(26(28)34)23-12-8-5-9-13-23/h4-17,24H,1-3H3/t27-,28-/m1/s1. The van der Waals surface area contributed by atoms with Gasteiger partial charge < -0.3 is 0 Å². The van der Waals surface area contributed by atoms with Gasteiger partial charge in [0.15, 0.2) is 0 Å². The molecule has 2 spiro atoms. The molecule has 2 atom stereocenters. The van der Waals surface area contributed by atoms with Gasteiger partial charge >= 0.3 is 0 Å². The van der Waals surface area contributed by atoms with Gasteiger partial charge in [-0.1, -0.05) is 66.2 Å². The minimum atomic E-state index is -1.10. The number of aryl methyl sites for hydroxylation is 1. The molecule has 2 heterocycles. The summed E-state index contributed by atoms with van der Waals surface area (Å²) in [4.78, 5) is 28.5. The highest BCUT2D eigenvalue weighted by Crippen LogP contribution is 2.79. The lowest BCUT2D eigenvalue weighted by molar-refractivity contribution is -0.126. The molecule has 0 bridgehead atoms. The number of carbonyl (C=O) groups is 2. The molecular formula is C28H24N4O2. The molecule has 6 nitrogen and oxygen atoms in total. The van der Waals surface area contributed by atoms with Crippen LogP contribution < -0.4 is 10.0 Å². The van der Waals surface area contributed by atoms with E-state index in [0.29, 0.717) is 22.8 Å². The molecule has 1 saturated carbocycles. The summed E-state index contributed by atoms with van der Waals surface area (Å²) in [5.41, 5.74) is 2.52. The number of fused-ring (bicyclic) bond motifs is 1. The molecule has 1 aliphatic carbocycles. The zero-order valence-corrected chi connectivity index (χ0v) is 19.3. The van der Waals surface area contributed by atoms with Crippen LogP contribution in [0.3, 0.4) is 0 Å². The Hall–Kier alpha value is -4.06. The SMILES string of the molecule is CC1=NN(c2ccccc2)C(=O)[C@]12C(c1ccc(C)cc1)[C@]21C(=O)N(c2ccccc2)N=C1C. The summed E-state index contributed by atoms with van der Waals surface area (Å²) in [6, 6.07) is 26.8. The van der Waals surface area contributed by atoms with Crippen molar-refractivity contribution in [1.82, 2.24) is 0 Å². The first-order valence-electron chi connectivity index (χ1n) is 11.4. The first kappa shape index (κ1) is 20.5. The van der Waals surface area contributed by atoms with E-state index >= 15 is 0 Å². The molecule has 0 saturated heterocycles. The van der Waals surface area contributed by atoms with Crippen LogP contribution in [0.5, 0.6) is 0 Å². The average Bonchev–Trinajstić information content (AvgIpc) is 3.34. The number of rotatable bonds is 3. The molecule has 0 N–H and O–H groups in total. The molecule has 168 valence electrons. The molecular weight excluding hydrogens is 424 g/mol. The topological polar surface area (TPSA) is 65.3 Å². The second-order valence-electron chi connectivity index (χ2n) is 9.24. The summed E-state index contributed by atoms with van der Waals surface area (Å²) in [6.45, 7) is 5.75. The quantitative estimate of drug-likeness (QED) is 0.571. The fourth-order valence-corrected chi connectivity index (χ4v) is 5.99. The predicted octanol–water partition coefficient (Wildman–Crippen LogP) is 4.91. The van der Waals surface area contributed by atoms with Gasteiger partial charge in [-0.05, 0) is 50.6 Å². The highest BCUT2D eigenvalue weighted by Gasteiger charge is 2.91. The number of para-hydroxylation sites is 2. The molecule has 0 unspecified atom stereocenters. The minimum Gasteiger partial charge on any atom is -0.271 e. The van der Waals surface area contributed by atoms with Crippen LogP contribution >= 0.6 is 0 Å². The molecule has 34 heavy (non-hydrogen) atoms. The van der Waals surface area contributed by atoms with Gasteiger partial charge in [0, 0.05) is 5.92 Å². The fraction of sp³-hybridized carbons (Fsp3) is 0.214. The lowest BCUT2D eigenvalue weighted by Gasteiger charge is -2.18. The number of amides is 2. The lowest BCUT2D eigenvalue weighted by Crippen LogP contribution is -2.40. The van der Waals surface area contributed by atoms with Gasteiger partial charge in [0.25, 0.3) is 11.8 Å². The Morgan fingerprint density at radius 3 is 1.44 bits per heavy atom. The number of hydrogen-bond acceptors (Lipinski definition) is 4. The molecule has 6 heteroatoms. The number of nitrogens with zero attached hydrogens (tertiary/aromatic N) is 4. The first-order valence-corrected chi connectivity index (χ1v) is 11.4. The second-order valence-corrected chi connectivity index (χ2v) is 9.24. The van der Waals surface area contributed by atoms with E-state index in [0.717, 1.165) is 11.1 Å². The Kier molecular flexibility index (Phi) is 4.21. The van der Waals surface area contributed by atoms with Crippen molar-refractivity contribution in [2.75, 3.05) is 10.0 Å². The van der Waals surface area contributed by atoms with Crippen molar-refractivity contribution in [3.8, 4) is 0 Å². The third-order valence-electron chi connectivity index (χ3n) is 7.52. The van der Waals surface area contributed by atoms with E-state index in [2.05, 4.69) is 0 Å². The van der Waals surface area contributed by atoms with Crippen LogP contribution in [0.15, 0.2) is 95.1 Å². The Bertz CT molecular complexity index is 1300. The summed E-state index contributed by atoms with van der Waals surface area (Å²) in [6.07, 6.45) is 0. The van der Waals surface area contributed by atoms with E-state index in [-0.39, 0.29) is 17.7 Å². The zero-order chi connectivity index (χ0) is 23.7. The van der Waals surface area contributed by atoms with Gasteiger partial charge in [0.05, 0.1) is 22.8 Å². The maximum atomic E-state index is 14.2. The molecule has 0 aromatic heterocycles. The lowest BCUT2D eigenvalue weighted by atomic mass is 9.85. The highest BCUT2D eigenvalue weighted by atomic mass is 16.2. The summed E-state index contributed by atoms with van der Waals surface area (Å²) >= 11 is 0. The van der Waals surface area contributed by atoms with E-state index in [1.165, 1.54) is 10.0 Å². The van der Waals surface area contributed by atoms with Crippen LogP contribution in [0, 0.1) is 17.8 Å². The smallest absolute Gasteiger partial charge is 0.261 e. The van der Waals surface area contributed by atoms with Crippen LogP contribution in [0.1, 0.15) is 30.9 Å². The van der Waals surface area contributed by atoms with E-state index in [9.17, 15) is 9.59 Å². The van der Waals surface area contributed by atoms with Crippen molar-refractivity contribution >= 4 is 34.6 Å². The molecule has 0 radical (unpaired) electrons. The number of anilines is 2. The predicted molar refractivity (Wildman–Crippen MR) is 133 cm³/mol. The van der Waals surface area contributed by atoms with Crippen LogP contribution in [0.4, 0.5) is 11.4 Å². The molecule has 6 rings (SSSR count). The molecule has 3 aliphatic rings. The normalized spacial score (nSPS) is 27.6. The fourth-order valence-electron chi connectivity index (χ4n) is 5.99. The second kappa shape index (κ2) is 6.97. The minimum absolute atomic E-state index is 0.181. The summed E-state index contributed by atoms with van der Waals surface area (Å²) in [5, 5.41) is 12.3. The van der Waals surface area contributed by atoms with Crippen LogP contribution in [0.25, 0.3) is 0 Å². The Morgan fingerprint density at radius 1 is 0.618 bits per heavy atom. The van der Waals surface area contributed by atoms with Crippen molar-refractivity contribution < 1.29 is 9.59 Å². The van der Waals surface area contributed by atoms with Gasteiger partial charge in [-0.3, -0.25) is 9.59 Å². The third-order valence-corrected chi connectivity index (χ3v) is 7.52. The van der Waals surface area contributed by atoms with E-state index in [1.54, 1.807) is 0 Å². The van der Waals surface area contributed by atoms with Gasteiger partial charge in [0.1, 0.15) is 10.8 Å². The van der Waals surface area contributed by atoms with Gasteiger partial charge in [-0.25, -0.2) is 0 Å². The van der Waals surface area contributed by atoms with Crippen LogP contribution in [-0.2, 0) is 9.59 Å². The summed E-state index contributed by atoms with van der Waals surface area (Å²) in [5.74, 6) is -0.741. The summed E-state index contributed by atoms with van der Waals surface area (Å²) < 4.78 is 0. The average molecular weight is 449 g/mol. The number of benzene rings is 3. The Morgan fingerprint density at radius 2 is 1.03 bits per heavy atom. The zero-order valence-electron chi connectivity index (χ0n) is 19.3. The van der Waals surface area contributed by atoms with E-state index in [4.69, 9.17) is 10.2 Å². The van der Waals surface area contributed by atoms with Crippen molar-refractivity contribution in [2.24, 2.45) is 21.0 Å².